The third-order valence-electron chi connectivity index (χ3n) is 4.53. The van der Waals surface area contributed by atoms with Gasteiger partial charge in [-0.05, 0) is 25.0 Å². The van der Waals surface area contributed by atoms with E-state index in [-0.39, 0.29) is 29.5 Å². The molecule has 0 fully saturated rings. The quantitative estimate of drug-likeness (QED) is 0.688. The third kappa shape index (κ3) is 4.15. The number of rotatable bonds is 7. The van der Waals surface area contributed by atoms with Crippen LogP contribution in [-0.2, 0) is 14.8 Å². The Morgan fingerprint density at radius 3 is 2.42 bits per heavy atom. The number of carbonyl (C=O) groups excluding carboxylic acids is 1. The molecule has 1 heterocycles. The topological polar surface area (TPSA) is 111 Å². The summed E-state index contributed by atoms with van der Waals surface area (Å²) in [5.41, 5.74) is 5.18. The summed E-state index contributed by atoms with van der Waals surface area (Å²) >= 11 is 0. The summed E-state index contributed by atoms with van der Waals surface area (Å²) in [7, 11) is -2.59. The van der Waals surface area contributed by atoms with Crippen molar-refractivity contribution in [1.29, 1.82) is 0 Å². The van der Waals surface area contributed by atoms with E-state index in [1.165, 1.54) is 19.4 Å². The largest absolute Gasteiger partial charge is 0.464 e. The van der Waals surface area contributed by atoms with Crippen LogP contribution < -0.4 is 10.5 Å². The van der Waals surface area contributed by atoms with Crippen LogP contribution in [-0.4, -0.2) is 38.6 Å². The summed E-state index contributed by atoms with van der Waals surface area (Å²) < 4.78 is 33.4. The zero-order valence-corrected chi connectivity index (χ0v) is 16.6. The number of carbonyl (C=O) groups is 1. The van der Waals surface area contributed by atoms with Gasteiger partial charge in [-0.2, -0.15) is 0 Å². The number of methoxy groups -OCH3 is 1. The molecule has 7 nitrogen and oxygen atoms in total. The molecule has 0 amide bonds. The molecule has 2 rings (SSSR count). The Kier molecular flexibility index (Phi) is 7.52. The average Bonchev–Trinajstić information content (AvgIpc) is 2.64. The van der Waals surface area contributed by atoms with E-state index < -0.39 is 21.5 Å². The molecule has 9 heteroatoms. The van der Waals surface area contributed by atoms with Crippen molar-refractivity contribution in [3.63, 3.8) is 0 Å². The Hall–Kier alpha value is -1.74. The summed E-state index contributed by atoms with van der Waals surface area (Å²) in [6, 6.07) is 6.28. The highest BCUT2D eigenvalue weighted by atomic mass is 35.5. The van der Waals surface area contributed by atoms with Gasteiger partial charge in [-0.1, -0.05) is 26.0 Å². The van der Waals surface area contributed by atoms with E-state index in [4.69, 9.17) is 10.5 Å². The van der Waals surface area contributed by atoms with Gasteiger partial charge in [-0.25, -0.2) is 22.9 Å². The van der Waals surface area contributed by atoms with Crippen molar-refractivity contribution in [3.05, 3.63) is 36.2 Å². The predicted molar refractivity (Wildman–Crippen MR) is 103 cm³/mol. The SMILES string of the molecule is CCC(CC)(CN)NS(=O)(=O)c1cccc2c(C(=O)OC)nccc12.Cl. The standard InChI is InChI=1S/C17H23N3O4S.ClH/c1-4-17(5-2,11-18)20-25(22,23)14-8-6-7-13-12(14)9-10-19-15(13)16(21)24-3;/h6-10,20H,4-5,11,18H2,1-3H3;1H. The van der Waals surface area contributed by atoms with Crippen molar-refractivity contribution in [1.82, 2.24) is 9.71 Å². The average molecular weight is 402 g/mol. The number of nitrogens with two attached hydrogens (primary N) is 1. The van der Waals surface area contributed by atoms with Crippen LogP contribution in [0.15, 0.2) is 35.4 Å². The van der Waals surface area contributed by atoms with E-state index >= 15 is 0 Å². The number of ether oxygens (including phenoxy) is 1. The number of fused-ring (bicyclic) bond motifs is 1. The highest BCUT2D eigenvalue weighted by molar-refractivity contribution is 7.89. The van der Waals surface area contributed by atoms with Gasteiger partial charge in [0, 0.05) is 29.1 Å². The molecular formula is C17H24ClN3O4S. The molecule has 26 heavy (non-hydrogen) atoms. The lowest BCUT2D eigenvalue weighted by Gasteiger charge is -2.31. The molecule has 0 aliphatic heterocycles. The molecule has 0 bridgehead atoms. The molecule has 0 aliphatic carbocycles. The van der Waals surface area contributed by atoms with Crippen LogP contribution in [0, 0.1) is 0 Å². The fourth-order valence-corrected chi connectivity index (χ4v) is 4.51. The highest BCUT2D eigenvalue weighted by Crippen LogP contribution is 2.27. The predicted octanol–water partition coefficient (Wildman–Crippen LogP) is 2.24. The third-order valence-corrected chi connectivity index (χ3v) is 6.17. The first-order valence-electron chi connectivity index (χ1n) is 8.04. The second kappa shape index (κ2) is 8.77. The van der Waals surface area contributed by atoms with E-state index in [1.807, 2.05) is 13.8 Å². The molecule has 0 saturated heterocycles. The fourth-order valence-electron chi connectivity index (χ4n) is 2.74. The number of aromatic nitrogens is 1. The molecule has 3 N–H and O–H groups in total. The normalized spacial score (nSPS) is 11.8. The molecule has 1 aromatic carbocycles. The Morgan fingerprint density at radius 2 is 1.88 bits per heavy atom. The van der Waals surface area contributed by atoms with Crippen molar-refractivity contribution in [2.75, 3.05) is 13.7 Å². The van der Waals surface area contributed by atoms with Crippen LogP contribution >= 0.6 is 12.4 Å². The summed E-state index contributed by atoms with van der Waals surface area (Å²) in [5, 5.41) is 0.826. The van der Waals surface area contributed by atoms with Crippen molar-refractivity contribution < 1.29 is 17.9 Å². The zero-order valence-electron chi connectivity index (χ0n) is 15.0. The first-order chi connectivity index (χ1) is 11.8. The molecule has 0 spiro atoms. The monoisotopic (exact) mass is 401 g/mol. The van der Waals surface area contributed by atoms with Crippen molar-refractivity contribution in [2.45, 2.75) is 37.1 Å². The van der Waals surface area contributed by atoms with Gasteiger partial charge in [-0.15, -0.1) is 12.4 Å². The number of hydrogen-bond acceptors (Lipinski definition) is 6. The lowest BCUT2D eigenvalue weighted by molar-refractivity contribution is 0.0596. The Balaban J connectivity index is 0.00000338. The van der Waals surface area contributed by atoms with E-state index in [0.717, 1.165) is 0 Å². The van der Waals surface area contributed by atoms with E-state index in [9.17, 15) is 13.2 Å². The number of esters is 1. The minimum Gasteiger partial charge on any atom is -0.464 e. The van der Waals surface area contributed by atoms with Gasteiger partial charge in [-0.3, -0.25) is 0 Å². The van der Waals surface area contributed by atoms with Gasteiger partial charge < -0.3 is 10.5 Å². The van der Waals surface area contributed by atoms with Gasteiger partial charge in [0.05, 0.1) is 12.0 Å². The minimum atomic E-state index is -3.84. The minimum absolute atomic E-state index is 0. The summed E-state index contributed by atoms with van der Waals surface area (Å²) in [6.45, 7) is 3.97. The second-order valence-corrected chi connectivity index (χ2v) is 7.45. The highest BCUT2D eigenvalue weighted by Gasteiger charge is 2.32. The molecule has 0 radical (unpaired) electrons. The van der Waals surface area contributed by atoms with E-state index in [1.54, 1.807) is 18.2 Å². The lowest BCUT2D eigenvalue weighted by atomic mass is 9.95. The lowest BCUT2D eigenvalue weighted by Crippen LogP contribution is -2.52. The molecular weight excluding hydrogens is 378 g/mol. The van der Waals surface area contributed by atoms with Gasteiger partial charge in [0.15, 0.2) is 5.69 Å². The molecule has 0 unspecified atom stereocenters. The van der Waals surface area contributed by atoms with Crippen LogP contribution in [0.4, 0.5) is 0 Å². The van der Waals surface area contributed by atoms with Crippen LogP contribution in [0.25, 0.3) is 10.8 Å². The number of nitrogens with one attached hydrogen (secondary N) is 1. The molecule has 144 valence electrons. The summed E-state index contributed by atoms with van der Waals surface area (Å²) in [5.74, 6) is -0.619. The molecule has 0 saturated carbocycles. The number of sulfonamides is 1. The van der Waals surface area contributed by atoms with E-state index in [0.29, 0.717) is 23.6 Å². The first-order valence-corrected chi connectivity index (χ1v) is 9.52. The van der Waals surface area contributed by atoms with Crippen molar-refractivity contribution >= 4 is 39.2 Å². The molecule has 1 aromatic heterocycles. The summed E-state index contributed by atoms with van der Waals surface area (Å²) in [6.07, 6.45) is 2.53. The molecule has 0 aliphatic rings. The number of hydrogen-bond donors (Lipinski definition) is 2. The Morgan fingerprint density at radius 1 is 1.23 bits per heavy atom. The fraction of sp³-hybridized carbons (Fsp3) is 0.412. The Labute approximate surface area is 159 Å². The number of nitrogens with zero attached hydrogens (tertiary/aromatic N) is 1. The zero-order chi connectivity index (χ0) is 18.7. The first kappa shape index (κ1) is 22.3. The molecule has 0 atom stereocenters. The van der Waals surface area contributed by atoms with E-state index in [2.05, 4.69) is 9.71 Å². The number of halogens is 1. The second-order valence-electron chi connectivity index (χ2n) is 5.80. The van der Waals surface area contributed by atoms with Crippen molar-refractivity contribution in [3.8, 4) is 0 Å². The van der Waals surface area contributed by atoms with Gasteiger partial charge in [0.1, 0.15) is 0 Å². The maximum Gasteiger partial charge on any atom is 0.357 e. The van der Waals surface area contributed by atoms with Crippen LogP contribution in [0.1, 0.15) is 37.2 Å². The Bertz CT molecular complexity index is 874. The van der Waals surface area contributed by atoms with Crippen molar-refractivity contribution in [2.24, 2.45) is 5.73 Å². The van der Waals surface area contributed by atoms with Crippen LogP contribution in [0.2, 0.25) is 0 Å². The number of pyridine rings is 1. The smallest absolute Gasteiger partial charge is 0.357 e. The maximum atomic E-state index is 13.0. The van der Waals surface area contributed by atoms with Gasteiger partial charge >= 0.3 is 5.97 Å². The molecule has 2 aromatic rings. The van der Waals surface area contributed by atoms with Gasteiger partial charge in [0.2, 0.25) is 10.0 Å². The van der Waals surface area contributed by atoms with Crippen LogP contribution in [0.3, 0.4) is 0 Å². The maximum absolute atomic E-state index is 13.0. The van der Waals surface area contributed by atoms with Gasteiger partial charge in [0.25, 0.3) is 0 Å². The van der Waals surface area contributed by atoms with Crippen LogP contribution in [0.5, 0.6) is 0 Å². The summed E-state index contributed by atoms with van der Waals surface area (Å²) in [4.78, 5) is 16.0. The number of benzene rings is 1.